The van der Waals surface area contributed by atoms with Gasteiger partial charge in [-0.05, 0) is 41.8 Å². The average molecular weight is 473 g/mol. The third-order valence-electron chi connectivity index (χ3n) is 3.57. The lowest BCUT2D eigenvalue weighted by Gasteiger charge is -2.07. The molecular formula is C18H24IN3O2S. The van der Waals surface area contributed by atoms with Crippen LogP contribution >= 0.6 is 24.0 Å². The zero-order chi connectivity index (χ0) is 17.4. The van der Waals surface area contributed by atoms with Gasteiger partial charge in [-0.15, -0.1) is 24.0 Å². The second kappa shape index (κ2) is 11.1. The first-order chi connectivity index (χ1) is 11.6. The van der Waals surface area contributed by atoms with E-state index in [-0.39, 0.29) is 24.0 Å². The third-order valence-corrected chi connectivity index (χ3v) is 4.50. The number of nitrogens with two attached hydrogens (primary N) is 1. The second-order valence-corrected chi connectivity index (χ2v) is 6.70. The van der Waals surface area contributed by atoms with Gasteiger partial charge in [-0.1, -0.05) is 24.3 Å². The maximum absolute atomic E-state index is 11.3. The molecule has 0 spiro atoms. The average Bonchev–Trinajstić information content (AvgIpc) is 2.61. The van der Waals surface area contributed by atoms with Gasteiger partial charge in [-0.2, -0.15) is 0 Å². The summed E-state index contributed by atoms with van der Waals surface area (Å²) in [5, 5.41) is 3.11. The Kier molecular flexibility index (Phi) is 9.51. The van der Waals surface area contributed by atoms with E-state index < -0.39 is 10.8 Å². The van der Waals surface area contributed by atoms with Gasteiger partial charge in [-0.3, -0.25) is 4.21 Å². The molecule has 0 aromatic heterocycles. The number of methoxy groups -OCH3 is 1. The van der Waals surface area contributed by atoms with Crippen LogP contribution in [0.5, 0.6) is 5.75 Å². The molecule has 7 heteroatoms. The molecule has 0 fully saturated rings. The molecule has 2 aromatic rings. The summed E-state index contributed by atoms with van der Waals surface area (Å²) in [6.07, 6.45) is 2.52. The molecule has 1 atom stereocenters. The molecule has 2 rings (SSSR count). The van der Waals surface area contributed by atoms with Crippen molar-refractivity contribution < 1.29 is 8.95 Å². The van der Waals surface area contributed by atoms with Gasteiger partial charge in [0.05, 0.1) is 13.7 Å². The number of aliphatic imine (C=N–C) groups is 1. The van der Waals surface area contributed by atoms with Crippen LogP contribution in [0.4, 0.5) is 0 Å². The second-order valence-electron chi connectivity index (χ2n) is 5.32. The van der Waals surface area contributed by atoms with E-state index in [1.54, 1.807) is 13.4 Å². The first-order valence-electron chi connectivity index (χ1n) is 7.67. The van der Waals surface area contributed by atoms with Crippen molar-refractivity contribution in [2.45, 2.75) is 17.9 Å². The minimum atomic E-state index is -0.955. The van der Waals surface area contributed by atoms with E-state index in [9.17, 15) is 4.21 Å². The summed E-state index contributed by atoms with van der Waals surface area (Å²) < 4.78 is 16.5. The molecule has 0 saturated heterocycles. The van der Waals surface area contributed by atoms with E-state index >= 15 is 0 Å². The van der Waals surface area contributed by atoms with Crippen molar-refractivity contribution >= 4 is 40.7 Å². The third kappa shape index (κ3) is 7.43. The van der Waals surface area contributed by atoms with Crippen molar-refractivity contribution in [1.82, 2.24) is 5.32 Å². The Balaban J connectivity index is 0.00000312. The standard InChI is InChI=1S/C18H23N3O2S.HI/c1-23-16-7-3-14(4-8-16)11-12-20-18(19)21-13-15-5-9-17(10-6-15)24(2)22;/h3-10H,11-13H2,1-2H3,(H3,19,20,21);1H. The molecule has 0 aliphatic heterocycles. The highest BCUT2D eigenvalue weighted by atomic mass is 127. The van der Waals surface area contributed by atoms with Crippen molar-refractivity contribution in [3.63, 3.8) is 0 Å². The summed E-state index contributed by atoms with van der Waals surface area (Å²) >= 11 is 0. The number of guanidine groups is 1. The minimum Gasteiger partial charge on any atom is -0.497 e. The molecule has 3 N–H and O–H groups in total. The monoisotopic (exact) mass is 473 g/mol. The molecule has 0 bridgehead atoms. The zero-order valence-electron chi connectivity index (χ0n) is 14.4. The van der Waals surface area contributed by atoms with Crippen LogP contribution in [0.25, 0.3) is 0 Å². The van der Waals surface area contributed by atoms with Gasteiger partial charge in [-0.25, -0.2) is 4.99 Å². The molecule has 1 unspecified atom stereocenters. The summed E-state index contributed by atoms with van der Waals surface area (Å²) in [4.78, 5) is 5.13. The van der Waals surface area contributed by atoms with Gasteiger partial charge in [0.25, 0.3) is 0 Å². The van der Waals surface area contributed by atoms with Gasteiger partial charge in [0.1, 0.15) is 5.75 Å². The molecule has 136 valence electrons. The van der Waals surface area contributed by atoms with Gasteiger partial charge >= 0.3 is 0 Å². The minimum absolute atomic E-state index is 0. The number of halogens is 1. The van der Waals surface area contributed by atoms with E-state index in [2.05, 4.69) is 10.3 Å². The maximum Gasteiger partial charge on any atom is 0.188 e. The van der Waals surface area contributed by atoms with Gasteiger partial charge in [0, 0.05) is 28.5 Å². The van der Waals surface area contributed by atoms with Crippen LogP contribution in [0, 0.1) is 0 Å². The lowest BCUT2D eigenvalue weighted by molar-refractivity contribution is 0.414. The number of hydrogen-bond acceptors (Lipinski definition) is 3. The highest BCUT2D eigenvalue weighted by molar-refractivity contribution is 14.0. The number of nitrogens with one attached hydrogen (secondary N) is 1. The molecule has 5 nitrogen and oxygen atoms in total. The van der Waals surface area contributed by atoms with E-state index in [0.29, 0.717) is 12.5 Å². The molecule has 0 amide bonds. The van der Waals surface area contributed by atoms with Crippen LogP contribution in [-0.4, -0.2) is 30.1 Å². The van der Waals surface area contributed by atoms with Crippen molar-refractivity contribution in [3.8, 4) is 5.75 Å². The summed E-state index contributed by atoms with van der Waals surface area (Å²) in [6, 6.07) is 15.5. The number of rotatable bonds is 7. The fraction of sp³-hybridized carbons (Fsp3) is 0.278. The molecule has 25 heavy (non-hydrogen) atoms. The maximum atomic E-state index is 11.3. The normalized spacial score (nSPS) is 12.2. The van der Waals surface area contributed by atoms with E-state index in [1.807, 2.05) is 48.5 Å². The predicted octanol–water partition coefficient (Wildman–Crippen LogP) is 2.70. The quantitative estimate of drug-likeness (QED) is 0.369. The summed E-state index contributed by atoms with van der Waals surface area (Å²) in [6.45, 7) is 1.22. The van der Waals surface area contributed by atoms with Crippen molar-refractivity contribution in [2.75, 3.05) is 19.9 Å². The van der Waals surface area contributed by atoms with Crippen LogP contribution < -0.4 is 15.8 Å². The Bertz CT molecular complexity index is 703. The number of benzene rings is 2. The Hall–Kier alpha value is -1.61. The highest BCUT2D eigenvalue weighted by Crippen LogP contribution is 2.11. The SMILES string of the molecule is COc1ccc(CCNC(N)=NCc2ccc(S(C)=O)cc2)cc1.I. The summed E-state index contributed by atoms with van der Waals surface area (Å²) in [5.41, 5.74) is 8.12. The molecule has 0 radical (unpaired) electrons. The largest absolute Gasteiger partial charge is 0.497 e. The van der Waals surface area contributed by atoms with Crippen LogP contribution in [0.3, 0.4) is 0 Å². The number of ether oxygens (including phenoxy) is 1. The zero-order valence-corrected chi connectivity index (χ0v) is 17.5. The Morgan fingerprint density at radius 3 is 2.28 bits per heavy atom. The fourth-order valence-electron chi connectivity index (χ4n) is 2.15. The molecule has 0 aliphatic rings. The predicted molar refractivity (Wildman–Crippen MR) is 114 cm³/mol. The number of hydrogen-bond donors (Lipinski definition) is 2. The lowest BCUT2D eigenvalue weighted by atomic mass is 10.1. The van der Waals surface area contributed by atoms with Gasteiger partial charge < -0.3 is 15.8 Å². The summed E-state index contributed by atoms with van der Waals surface area (Å²) in [5.74, 6) is 1.28. The summed E-state index contributed by atoms with van der Waals surface area (Å²) in [7, 11) is 0.700. The van der Waals surface area contributed by atoms with E-state index in [0.717, 1.165) is 29.2 Å². The first-order valence-corrected chi connectivity index (χ1v) is 9.23. The fourth-order valence-corrected chi connectivity index (χ4v) is 2.67. The van der Waals surface area contributed by atoms with Crippen LogP contribution in [-0.2, 0) is 23.8 Å². The Morgan fingerprint density at radius 2 is 1.72 bits per heavy atom. The van der Waals surface area contributed by atoms with Crippen LogP contribution in [0.15, 0.2) is 58.4 Å². The van der Waals surface area contributed by atoms with Crippen molar-refractivity contribution in [2.24, 2.45) is 10.7 Å². The Labute approximate surface area is 168 Å². The molecule has 2 aromatic carbocycles. The molecule has 0 heterocycles. The molecule has 0 saturated carbocycles. The van der Waals surface area contributed by atoms with Gasteiger partial charge in [0.15, 0.2) is 5.96 Å². The van der Waals surface area contributed by atoms with E-state index in [4.69, 9.17) is 10.5 Å². The Morgan fingerprint density at radius 1 is 1.12 bits per heavy atom. The van der Waals surface area contributed by atoms with Crippen molar-refractivity contribution in [3.05, 3.63) is 59.7 Å². The smallest absolute Gasteiger partial charge is 0.188 e. The van der Waals surface area contributed by atoms with Crippen LogP contribution in [0.2, 0.25) is 0 Å². The highest BCUT2D eigenvalue weighted by Gasteiger charge is 1.99. The van der Waals surface area contributed by atoms with Crippen molar-refractivity contribution in [1.29, 1.82) is 0 Å². The first kappa shape index (κ1) is 21.4. The lowest BCUT2D eigenvalue weighted by Crippen LogP contribution is -2.33. The topological polar surface area (TPSA) is 76.7 Å². The number of nitrogens with zero attached hydrogens (tertiary/aromatic N) is 1. The van der Waals surface area contributed by atoms with E-state index in [1.165, 1.54) is 5.56 Å². The van der Waals surface area contributed by atoms with Crippen LogP contribution in [0.1, 0.15) is 11.1 Å². The molecule has 0 aliphatic carbocycles. The van der Waals surface area contributed by atoms with Gasteiger partial charge in [0.2, 0.25) is 0 Å². The molecular weight excluding hydrogens is 449 g/mol.